The summed E-state index contributed by atoms with van der Waals surface area (Å²) in [5.41, 5.74) is 7.55. The number of H-pyrrole nitrogens is 1. The van der Waals surface area contributed by atoms with E-state index >= 15 is 0 Å². The van der Waals surface area contributed by atoms with Gasteiger partial charge in [-0.15, -0.1) is 0 Å². The molecule has 0 bridgehead atoms. The molecule has 4 N–H and O–H groups in total. The average Bonchev–Trinajstić information content (AvgIpc) is 3.06. The van der Waals surface area contributed by atoms with E-state index in [1.165, 1.54) is 0 Å². The molecule has 0 spiro atoms. The maximum absolute atomic E-state index is 10.9. The van der Waals surface area contributed by atoms with Crippen LogP contribution in [-0.4, -0.2) is 35.3 Å². The second-order valence-corrected chi connectivity index (χ2v) is 6.30. The molecule has 1 aliphatic rings. The highest BCUT2D eigenvalue weighted by molar-refractivity contribution is 5.81. The zero-order chi connectivity index (χ0) is 17.9. The first-order valence-electron chi connectivity index (χ1n) is 8.62. The number of rotatable bonds is 4. The fourth-order valence-corrected chi connectivity index (χ4v) is 3.11. The largest absolute Gasteiger partial charge is 0.489 e. The standard InChI is InChI=1S/C19H20N4O3/c20-19(24)26-14-7-8-16-17(10-14)23-18(22-16)12-3-5-13(6-4-12)25-15-2-1-9-21-11-15/h3-8,10,15,21H,1-2,9,11H2,(H2,20,24)(H,22,23). The Morgan fingerprint density at radius 3 is 2.69 bits per heavy atom. The van der Waals surface area contributed by atoms with Gasteiger partial charge >= 0.3 is 6.09 Å². The number of primary amides is 1. The third kappa shape index (κ3) is 3.62. The van der Waals surface area contributed by atoms with Crippen molar-refractivity contribution in [1.29, 1.82) is 0 Å². The van der Waals surface area contributed by atoms with Gasteiger partial charge in [-0.05, 0) is 55.8 Å². The van der Waals surface area contributed by atoms with Gasteiger partial charge in [0.15, 0.2) is 0 Å². The number of carbonyl (C=O) groups is 1. The van der Waals surface area contributed by atoms with E-state index in [0.29, 0.717) is 5.75 Å². The van der Waals surface area contributed by atoms with Gasteiger partial charge in [-0.2, -0.15) is 0 Å². The fourth-order valence-electron chi connectivity index (χ4n) is 3.11. The van der Waals surface area contributed by atoms with Crippen LogP contribution in [0.1, 0.15) is 12.8 Å². The second kappa shape index (κ2) is 7.05. The minimum atomic E-state index is -0.840. The van der Waals surface area contributed by atoms with Crippen molar-refractivity contribution in [3.05, 3.63) is 42.5 Å². The summed E-state index contributed by atoms with van der Waals surface area (Å²) in [6.45, 7) is 1.96. The Bertz CT molecular complexity index is 914. The Hall–Kier alpha value is -3.06. The Kier molecular flexibility index (Phi) is 4.45. The molecule has 4 rings (SSSR count). The van der Waals surface area contributed by atoms with Crippen molar-refractivity contribution in [2.24, 2.45) is 5.73 Å². The lowest BCUT2D eigenvalue weighted by Gasteiger charge is -2.23. The predicted molar refractivity (Wildman–Crippen MR) is 98.3 cm³/mol. The Morgan fingerprint density at radius 2 is 1.96 bits per heavy atom. The molecule has 1 aromatic heterocycles. The normalized spacial score (nSPS) is 17.2. The minimum absolute atomic E-state index is 0.226. The molecule has 0 saturated carbocycles. The van der Waals surface area contributed by atoms with Crippen molar-refractivity contribution in [2.75, 3.05) is 13.1 Å². The SMILES string of the molecule is NC(=O)Oc1ccc2nc(-c3ccc(OC4CCCNC4)cc3)[nH]c2c1. The number of amides is 1. The van der Waals surface area contributed by atoms with Gasteiger partial charge in [0.2, 0.25) is 0 Å². The summed E-state index contributed by atoms with van der Waals surface area (Å²) in [5, 5.41) is 3.34. The highest BCUT2D eigenvalue weighted by atomic mass is 16.5. The maximum atomic E-state index is 10.9. The summed E-state index contributed by atoms with van der Waals surface area (Å²) in [5.74, 6) is 1.97. The number of fused-ring (bicyclic) bond motifs is 1. The van der Waals surface area contributed by atoms with Crippen LogP contribution in [0.4, 0.5) is 4.79 Å². The lowest BCUT2D eigenvalue weighted by molar-refractivity contribution is 0.167. The fraction of sp³-hybridized carbons (Fsp3) is 0.263. The number of ether oxygens (including phenoxy) is 2. The number of nitrogens with one attached hydrogen (secondary N) is 2. The van der Waals surface area contributed by atoms with E-state index in [1.54, 1.807) is 18.2 Å². The van der Waals surface area contributed by atoms with Crippen molar-refractivity contribution in [2.45, 2.75) is 18.9 Å². The van der Waals surface area contributed by atoms with E-state index in [2.05, 4.69) is 15.3 Å². The molecular formula is C19H20N4O3. The number of nitrogens with two attached hydrogens (primary N) is 1. The molecule has 1 unspecified atom stereocenters. The van der Waals surface area contributed by atoms with Crippen LogP contribution in [0.15, 0.2) is 42.5 Å². The molecule has 0 radical (unpaired) electrons. The van der Waals surface area contributed by atoms with Crippen LogP contribution >= 0.6 is 0 Å². The van der Waals surface area contributed by atoms with E-state index in [1.807, 2.05) is 24.3 Å². The number of piperidine rings is 1. The quantitative estimate of drug-likeness (QED) is 0.670. The summed E-state index contributed by atoms with van der Waals surface area (Å²) in [6, 6.07) is 13.0. The van der Waals surface area contributed by atoms with E-state index in [0.717, 1.165) is 54.1 Å². The van der Waals surface area contributed by atoms with Crippen molar-refractivity contribution >= 4 is 17.1 Å². The Balaban J connectivity index is 1.52. The monoisotopic (exact) mass is 352 g/mol. The summed E-state index contributed by atoms with van der Waals surface area (Å²) in [7, 11) is 0. The molecule has 2 heterocycles. The van der Waals surface area contributed by atoms with E-state index < -0.39 is 6.09 Å². The van der Waals surface area contributed by atoms with Crippen LogP contribution in [0, 0.1) is 0 Å². The number of hydrogen-bond acceptors (Lipinski definition) is 5. The molecule has 1 atom stereocenters. The second-order valence-electron chi connectivity index (χ2n) is 6.30. The predicted octanol–water partition coefficient (Wildman–Crippen LogP) is 2.82. The summed E-state index contributed by atoms with van der Waals surface area (Å²) >= 11 is 0. The van der Waals surface area contributed by atoms with Gasteiger partial charge in [-0.25, -0.2) is 9.78 Å². The van der Waals surface area contributed by atoms with Crippen LogP contribution < -0.4 is 20.5 Å². The summed E-state index contributed by atoms with van der Waals surface area (Å²) < 4.78 is 10.9. The first-order valence-corrected chi connectivity index (χ1v) is 8.62. The van der Waals surface area contributed by atoms with E-state index in [9.17, 15) is 4.79 Å². The van der Waals surface area contributed by atoms with Crippen LogP contribution in [0.2, 0.25) is 0 Å². The van der Waals surface area contributed by atoms with Gasteiger partial charge < -0.3 is 25.5 Å². The number of imidazole rings is 1. The van der Waals surface area contributed by atoms with Crippen molar-refractivity contribution in [3.63, 3.8) is 0 Å². The first kappa shape index (κ1) is 16.4. The zero-order valence-corrected chi connectivity index (χ0v) is 14.2. The minimum Gasteiger partial charge on any atom is -0.489 e. The number of aromatic amines is 1. The molecule has 1 saturated heterocycles. The first-order chi connectivity index (χ1) is 12.7. The van der Waals surface area contributed by atoms with E-state index in [4.69, 9.17) is 15.2 Å². The third-order valence-electron chi connectivity index (χ3n) is 4.35. The highest BCUT2D eigenvalue weighted by Gasteiger charge is 2.14. The average molecular weight is 352 g/mol. The number of nitrogens with zero attached hydrogens (tertiary/aromatic N) is 1. The molecule has 134 valence electrons. The number of carbonyl (C=O) groups excluding carboxylic acids is 1. The zero-order valence-electron chi connectivity index (χ0n) is 14.2. The highest BCUT2D eigenvalue weighted by Crippen LogP contribution is 2.26. The van der Waals surface area contributed by atoms with Gasteiger partial charge in [0, 0.05) is 18.2 Å². The Morgan fingerprint density at radius 1 is 1.15 bits per heavy atom. The molecule has 1 fully saturated rings. The smallest absolute Gasteiger partial charge is 0.409 e. The van der Waals surface area contributed by atoms with Crippen molar-refractivity contribution in [3.8, 4) is 22.9 Å². The van der Waals surface area contributed by atoms with Crippen molar-refractivity contribution < 1.29 is 14.3 Å². The van der Waals surface area contributed by atoms with Crippen LogP contribution in [0.3, 0.4) is 0 Å². The van der Waals surface area contributed by atoms with Gasteiger partial charge in [-0.1, -0.05) is 0 Å². The lowest BCUT2D eigenvalue weighted by atomic mass is 10.1. The molecule has 3 aromatic rings. The van der Waals surface area contributed by atoms with Crippen LogP contribution in [-0.2, 0) is 0 Å². The molecular weight excluding hydrogens is 332 g/mol. The summed E-state index contributed by atoms with van der Waals surface area (Å²) in [6.07, 6.45) is 1.61. The van der Waals surface area contributed by atoms with Gasteiger partial charge in [0.25, 0.3) is 0 Å². The van der Waals surface area contributed by atoms with Crippen LogP contribution in [0.25, 0.3) is 22.4 Å². The molecule has 26 heavy (non-hydrogen) atoms. The molecule has 1 amide bonds. The lowest BCUT2D eigenvalue weighted by Crippen LogP contribution is -2.37. The van der Waals surface area contributed by atoms with Gasteiger partial charge in [0.1, 0.15) is 23.4 Å². The molecule has 7 heteroatoms. The molecule has 7 nitrogen and oxygen atoms in total. The topological polar surface area (TPSA) is 102 Å². The number of hydrogen-bond donors (Lipinski definition) is 3. The molecule has 0 aliphatic carbocycles. The Labute approximate surface area is 150 Å². The number of aromatic nitrogens is 2. The molecule has 2 aromatic carbocycles. The van der Waals surface area contributed by atoms with Crippen LogP contribution in [0.5, 0.6) is 11.5 Å². The maximum Gasteiger partial charge on any atom is 0.409 e. The van der Waals surface area contributed by atoms with Crippen molar-refractivity contribution in [1.82, 2.24) is 15.3 Å². The summed E-state index contributed by atoms with van der Waals surface area (Å²) in [4.78, 5) is 18.7. The van der Waals surface area contributed by atoms with Gasteiger partial charge in [0.05, 0.1) is 11.0 Å². The van der Waals surface area contributed by atoms with Gasteiger partial charge in [-0.3, -0.25) is 0 Å². The molecule has 1 aliphatic heterocycles. The van der Waals surface area contributed by atoms with E-state index in [-0.39, 0.29) is 6.10 Å². The third-order valence-corrected chi connectivity index (χ3v) is 4.35. The number of benzene rings is 2.